The van der Waals surface area contributed by atoms with E-state index in [-0.39, 0.29) is 23.6 Å². The van der Waals surface area contributed by atoms with Gasteiger partial charge < -0.3 is 9.42 Å². The zero-order valence-electron chi connectivity index (χ0n) is 14.5. The Morgan fingerprint density at radius 1 is 1.11 bits per heavy atom. The average molecular weight is 383 g/mol. The van der Waals surface area contributed by atoms with Gasteiger partial charge in [0.15, 0.2) is 5.82 Å². The summed E-state index contributed by atoms with van der Waals surface area (Å²) in [7, 11) is 0. The van der Waals surface area contributed by atoms with Crippen molar-refractivity contribution >= 4 is 17.7 Å². The molecule has 4 rings (SSSR count). The molecule has 0 aliphatic carbocycles. The number of likely N-dealkylation sites (tertiary alicyclic amines) is 1. The molecule has 0 unspecified atom stereocenters. The number of aromatic nitrogens is 2. The van der Waals surface area contributed by atoms with Gasteiger partial charge in [0, 0.05) is 29.8 Å². The minimum absolute atomic E-state index is 0.00548. The van der Waals surface area contributed by atoms with Crippen LogP contribution in [0.3, 0.4) is 0 Å². The summed E-state index contributed by atoms with van der Waals surface area (Å²) in [6.07, 6.45) is 1.33. The summed E-state index contributed by atoms with van der Waals surface area (Å²) in [5, 5.41) is 4.00. The van der Waals surface area contributed by atoms with Crippen LogP contribution in [0, 0.1) is 5.82 Å². The molecule has 0 N–H and O–H groups in total. The predicted molar refractivity (Wildman–Crippen MR) is 99.9 cm³/mol. The van der Waals surface area contributed by atoms with Crippen molar-refractivity contribution in [1.82, 2.24) is 15.0 Å². The molecule has 1 amide bonds. The molecule has 2 aromatic carbocycles. The van der Waals surface area contributed by atoms with Crippen molar-refractivity contribution < 1.29 is 13.7 Å². The Morgan fingerprint density at radius 3 is 2.56 bits per heavy atom. The SMILES string of the molecule is O=C(CSc1ccc(F)cc1)N1C[C@@H](c2ccccc2)[C@H](c2ncon2)C1. The molecule has 1 aliphatic rings. The van der Waals surface area contributed by atoms with E-state index < -0.39 is 0 Å². The van der Waals surface area contributed by atoms with E-state index in [4.69, 9.17) is 4.52 Å². The fraction of sp³-hybridized carbons (Fsp3) is 0.250. The molecule has 0 bridgehead atoms. The first-order valence-corrected chi connectivity index (χ1v) is 9.66. The first-order valence-electron chi connectivity index (χ1n) is 8.68. The van der Waals surface area contributed by atoms with E-state index in [1.807, 2.05) is 23.1 Å². The standard InChI is InChI=1S/C20H18FN3O2S/c21-15-6-8-16(9-7-15)27-12-19(25)24-10-17(14-4-2-1-3-5-14)18(11-24)20-22-13-26-23-20/h1-9,13,17-18H,10-12H2/t17-,18+/m0/s1. The second kappa shape index (κ2) is 7.92. The van der Waals surface area contributed by atoms with E-state index >= 15 is 0 Å². The van der Waals surface area contributed by atoms with Crippen molar-refractivity contribution in [2.24, 2.45) is 0 Å². The van der Waals surface area contributed by atoms with E-state index in [0.29, 0.717) is 24.7 Å². The number of hydrogen-bond donors (Lipinski definition) is 0. The van der Waals surface area contributed by atoms with Crippen LogP contribution >= 0.6 is 11.8 Å². The minimum atomic E-state index is -0.279. The van der Waals surface area contributed by atoms with Crippen LogP contribution in [0.4, 0.5) is 4.39 Å². The molecule has 27 heavy (non-hydrogen) atoms. The Balaban J connectivity index is 1.47. The molecule has 0 spiro atoms. The van der Waals surface area contributed by atoms with Crippen molar-refractivity contribution in [1.29, 1.82) is 0 Å². The number of carbonyl (C=O) groups is 1. The summed E-state index contributed by atoms with van der Waals surface area (Å²) in [4.78, 5) is 19.7. The number of carbonyl (C=O) groups excluding carboxylic acids is 1. The summed E-state index contributed by atoms with van der Waals surface area (Å²) in [6, 6.07) is 16.3. The van der Waals surface area contributed by atoms with E-state index in [9.17, 15) is 9.18 Å². The molecule has 1 aliphatic heterocycles. The molecule has 5 nitrogen and oxygen atoms in total. The van der Waals surface area contributed by atoms with Crippen molar-refractivity contribution in [3.8, 4) is 0 Å². The maximum Gasteiger partial charge on any atom is 0.232 e. The highest BCUT2D eigenvalue weighted by Crippen LogP contribution is 2.38. The summed E-state index contributed by atoms with van der Waals surface area (Å²) in [5.41, 5.74) is 1.16. The van der Waals surface area contributed by atoms with Gasteiger partial charge in [-0.3, -0.25) is 4.79 Å². The van der Waals surface area contributed by atoms with Crippen LogP contribution in [0.15, 0.2) is 70.4 Å². The van der Waals surface area contributed by atoms with Gasteiger partial charge in [0.2, 0.25) is 12.3 Å². The summed E-state index contributed by atoms with van der Waals surface area (Å²) < 4.78 is 17.9. The summed E-state index contributed by atoms with van der Waals surface area (Å²) >= 11 is 1.41. The Kier molecular flexibility index (Phi) is 5.20. The zero-order chi connectivity index (χ0) is 18.6. The van der Waals surface area contributed by atoms with Gasteiger partial charge >= 0.3 is 0 Å². The van der Waals surface area contributed by atoms with Gasteiger partial charge in [-0.25, -0.2) is 4.39 Å². The summed E-state index contributed by atoms with van der Waals surface area (Å²) in [5.74, 6) is 0.849. The maximum absolute atomic E-state index is 13.0. The van der Waals surface area contributed by atoms with Crippen molar-refractivity contribution in [2.45, 2.75) is 16.7 Å². The van der Waals surface area contributed by atoms with Crippen LogP contribution in [0.1, 0.15) is 23.2 Å². The molecule has 138 valence electrons. The van der Waals surface area contributed by atoms with Crippen LogP contribution in [0.5, 0.6) is 0 Å². The molecule has 0 radical (unpaired) electrons. The highest BCUT2D eigenvalue weighted by atomic mass is 32.2. The van der Waals surface area contributed by atoms with Crippen molar-refractivity contribution in [3.05, 3.63) is 78.2 Å². The smallest absolute Gasteiger partial charge is 0.232 e. The lowest BCUT2D eigenvalue weighted by Gasteiger charge is -2.16. The second-order valence-electron chi connectivity index (χ2n) is 6.45. The Hall–Kier alpha value is -2.67. The van der Waals surface area contributed by atoms with Gasteiger partial charge in [-0.15, -0.1) is 11.8 Å². The van der Waals surface area contributed by atoms with Gasteiger partial charge in [0.1, 0.15) is 5.82 Å². The molecule has 1 aromatic heterocycles. The molecule has 1 fully saturated rings. The van der Waals surface area contributed by atoms with Crippen molar-refractivity contribution in [2.75, 3.05) is 18.8 Å². The normalized spacial score (nSPS) is 19.4. The minimum Gasteiger partial charge on any atom is -0.343 e. The average Bonchev–Trinajstić information content (AvgIpc) is 3.37. The molecule has 1 saturated heterocycles. The number of benzene rings is 2. The molecular formula is C20H18FN3O2S. The molecule has 7 heteroatoms. The first kappa shape index (κ1) is 17.7. The monoisotopic (exact) mass is 383 g/mol. The van der Waals surface area contributed by atoms with Crippen LogP contribution in [0.25, 0.3) is 0 Å². The van der Waals surface area contributed by atoms with Crippen LogP contribution in [-0.4, -0.2) is 39.8 Å². The zero-order valence-corrected chi connectivity index (χ0v) is 15.3. The van der Waals surface area contributed by atoms with Gasteiger partial charge in [0.05, 0.1) is 5.75 Å². The quantitative estimate of drug-likeness (QED) is 0.629. The van der Waals surface area contributed by atoms with Crippen LogP contribution < -0.4 is 0 Å². The second-order valence-corrected chi connectivity index (χ2v) is 7.50. The van der Waals surface area contributed by atoms with Crippen LogP contribution in [-0.2, 0) is 4.79 Å². The number of hydrogen-bond acceptors (Lipinski definition) is 5. The lowest BCUT2D eigenvalue weighted by molar-refractivity contribution is -0.127. The third-order valence-corrected chi connectivity index (χ3v) is 5.78. The maximum atomic E-state index is 13.0. The van der Waals surface area contributed by atoms with Crippen molar-refractivity contribution in [3.63, 3.8) is 0 Å². The fourth-order valence-electron chi connectivity index (χ4n) is 3.42. The van der Waals surface area contributed by atoms with Gasteiger partial charge in [-0.05, 0) is 29.8 Å². The largest absolute Gasteiger partial charge is 0.343 e. The molecule has 3 aromatic rings. The third-order valence-electron chi connectivity index (χ3n) is 4.79. The molecule has 0 saturated carbocycles. The highest BCUT2D eigenvalue weighted by molar-refractivity contribution is 8.00. The number of thioether (sulfide) groups is 1. The molecular weight excluding hydrogens is 365 g/mol. The first-order chi connectivity index (χ1) is 13.2. The lowest BCUT2D eigenvalue weighted by atomic mass is 9.88. The highest BCUT2D eigenvalue weighted by Gasteiger charge is 2.39. The topological polar surface area (TPSA) is 59.2 Å². The Morgan fingerprint density at radius 2 is 1.85 bits per heavy atom. The number of amides is 1. The predicted octanol–water partition coefficient (Wildman–Crippen LogP) is 3.71. The number of halogens is 1. The Bertz CT molecular complexity index is 887. The molecule has 2 atom stereocenters. The van der Waals surface area contributed by atoms with Gasteiger partial charge in [-0.1, -0.05) is 35.5 Å². The number of rotatable bonds is 5. The fourth-order valence-corrected chi connectivity index (χ4v) is 4.22. The van der Waals surface area contributed by atoms with E-state index in [1.165, 1.54) is 30.3 Å². The van der Waals surface area contributed by atoms with Crippen LogP contribution in [0.2, 0.25) is 0 Å². The lowest BCUT2D eigenvalue weighted by Crippen LogP contribution is -2.30. The van der Waals surface area contributed by atoms with Gasteiger partial charge in [0.25, 0.3) is 0 Å². The third kappa shape index (κ3) is 4.03. The number of nitrogens with zero attached hydrogens (tertiary/aromatic N) is 3. The van der Waals surface area contributed by atoms with E-state index in [1.54, 1.807) is 12.1 Å². The summed E-state index contributed by atoms with van der Waals surface area (Å²) in [6.45, 7) is 1.17. The van der Waals surface area contributed by atoms with Gasteiger partial charge in [-0.2, -0.15) is 4.98 Å². The Labute approximate surface area is 160 Å². The van der Waals surface area contributed by atoms with E-state index in [0.717, 1.165) is 10.5 Å². The molecule has 2 heterocycles. The van der Waals surface area contributed by atoms with E-state index in [2.05, 4.69) is 22.3 Å².